The summed E-state index contributed by atoms with van der Waals surface area (Å²) in [6.07, 6.45) is 3.08. The van der Waals surface area contributed by atoms with Crippen LogP contribution < -0.4 is 4.74 Å². The number of hydrogen-bond acceptors (Lipinski definition) is 2. The van der Waals surface area contributed by atoms with Crippen molar-refractivity contribution in [1.82, 2.24) is 9.55 Å². The Labute approximate surface area is 202 Å². The molecule has 0 amide bonds. The molecule has 1 atom stereocenters. The maximum absolute atomic E-state index is 6.19. The van der Waals surface area contributed by atoms with Crippen LogP contribution in [0.5, 0.6) is 5.75 Å². The number of rotatable bonds is 10. The van der Waals surface area contributed by atoms with Crippen molar-refractivity contribution in [1.29, 1.82) is 0 Å². The molecule has 0 aliphatic rings. The largest absolute Gasteiger partial charge is 0.492 e. The second kappa shape index (κ2) is 10.9. The number of fused-ring (bicyclic) bond motifs is 1. The van der Waals surface area contributed by atoms with Crippen molar-refractivity contribution in [3.05, 3.63) is 94.8 Å². The topological polar surface area (TPSA) is 27.1 Å². The summed E-state index contributed by atoms with van der Waals surface area (Å²) in [7, 11) is 0. The number of halogens is 1. The van der Waals surface area contributed by atoms with E-state index in [-0.39, 0.29) is 5.92 Å². The monoisotopic (exact) mass is 460 g/mol. The highest BCUT2D eigenvalue weighted by atomic mass is 35.5. The van der Waals surface area contributed by atoms with E-state index in [0.717, 1.165) is 42.9 Å². The highest BCUT2D eigenvalue weighted by Gasteiger charge is 2.18. The summed E-state index contributed by atoms with van der Waals surface area (Å²) in [5, 5.41) is 0.661. The molecule has 3 aromatic carbocycles. The van der Waals surface area contributed by atoms with Gasteiger partial charge in [0.25, 0.3) is 0 Å². The number of unbranched alkanes of at least 4 members (excludes halogenated alkanes) is 1. The third-order valence-corrected chi connectivity index (χ3v) is 6.38. The van der Waals surface area contributed by atoms with E-state index in [1.165, 1.54) is 16.6 Å². The van der Waals surface area contributed by atoms with Crippen LogP contribution in [-0.2, 0) is 13.0 Å². The molecule has 0 saturated heterocycles. The summed E-state index contributed by atoms with van der Waals surface area (Å²) in [6.45, 7) is 8.35. The predicted molar refractivity (Wildman–Crippen MR) is 138 cm³/mol. The van der Waals surface area contributed by atoms with E-state index in [2.05, 4.69) is 73.9 Å². The molecule has 0 N–H and O–H groups in total. The van der Waals surface area contributed by atoms with Gasteiger partial charge in [0, 0.05) is 12.5 Å². The fraction of sp³-hybridized carbons (Fsp3) is 0.345. The Balaban J connectivity index is 1.46. The Morgan fingerprint density at radius 2 is 1.61 bits per heavy atom. The Kier molecular flexibility index (Phi) is 7.72. The molecule has 3 nitrogen and oxygen atoms in total. The standard InChI is InChI=1S/C29H33ClN2O/c1-21(2)20-23-14-16-24(17-15-23)22(3)29-31-26-11-5-6-12-27(26)32(29)18-8-9-19-33-28-13-7-4-10-25(28)30/h4-7,10-17,21-22H,8-9,18-20H2,1-3H3. The van der Waals surface area contributed by atoms with Crippen molar-refractivity contribution < 1.29 is 4.74 Å². The molecule has 4 heteroatoms. The first kappa shape index (κ1) is 23.4. The minimum Gasteiger partial charge on any atom is -0.492 e. The number of benzene rings is 3. The zero-order valence-corrected chi connectivity index (χ0v) is 20.6. The maximum atomic E-state index is 6.19. The molecule has 0 bridgehead atoms. The molecule has 0 aliphatic heterocycles. The number of para-hydroxylation sites is 3. The molecular weight excluding hydrogens is 428 g/mol. The van der Waals surface area contributed by atoms with Crippen LogP contribution in [0.15, 0.2) is 72.8 Å². The van der Waals surface area contributed by atoms with Gasteiger partial charge in [-0.25, -0.2) is 4.98 Å². The molecule has 4 rings (SSSR count). The third-order valence-electron chi connectivity index (χ3n) is 6.07. The lowest BCUT2D eigenvalue weighted by Gasteiger charge is -2.16. The Morgan fingerprint density at radius 3 is 2.36 bits per heavy atom. The van der Waals surface area contributed by atoms with Gasteiger partial charge in [-0.3, -0.25) is 0 Å². The van der Waals surface area contributed by atoms with Crippen molar-refractivity contribution in [3.63, 3.8) is 0 Å². The van der Waals surface area contributed by atoms with E-state index in [1.807, 2.05) is 24.3 Å². The number of aromatic nitrogens is 2. The molecule has 1 aromatic heterocycles. The SMILES string of the molecule is CC(C)Cc1ccc(C(C)c2nc3ccccc3n2CCCCOc2ccccc2Cl)cc1. The van der Waals surface area contributed by atoms with Gasteiger partial charge in [-0.05, 0) is 60.6 Å². The van der Waals surface area contributed by atoms with E-state index in [0.29, 0.717) is 17.5 Å². The van der Waals surface area contributed by atoms with Crippen LogP contribution in [0, 0.1) is 5.92 Å². The van der Waals surface area contributed by atoms with Gasteiger partial charge in [-0.1, -0.05) is 80.9 Å². The van der Waals surface area contributed by atoms with Crippen LogP contribution >= 0.6 is 11.6 Å². The summed E-state index contributed by atoms with van der Waals surface area (Å²) < 4.78 is 8.26. The predicted octanol–water partition coefficient (Wildman–Crippen LogP) is 7.90. The maximum Gasteiger partial charge on any atom is 0.137 e. The third kappa shape index (κ3) is 5.78. The van der Waals surface area contributed by atoms with Crippen LogP contribution in [-0.4, -0.2) is 16.2 Å². The molecule has 0 radical (unpaired) electrons. The van der Waals surface area contributed by atoms with Crippen LogP contribution in [0.1, 0.15) is 56.5 Å². The molecular formula is C29H33ClN2O. The minimum atomic E-state index is 0.227. The highest BCUT2D eigenvalue weighted by molar-refractivity contribution is 6.32. The number of aryl methyl sites for hydroxylation is 1. The molecule has 0 saturated carbocycles. The van der Waals surface area contributed by atoms with Gasteiger partial charge in [-0.15, -0.1) is 0 Å². The first-order valence-corrected chi connectivity index (χ1v) is 12.3. The number of nitrogens with zero attached hydrogens (tertiary/aromatic N) is 2. The minimum absolute atomic E-state index is 0.227. The summed E-state index contributed by atoms with van der Waals surface area (Å²) >= 11 is 6.19. The first-order chi connectivity index (χ1) is 16.0. The normalized spacial score (nSPS) is 12.4. The lowest BCUT2D eigenvalue weighted by molar-refractivity contribution is 0.303. The van der Waals surface area contributed by atoms with E-state index in [9.17, 15) is 0 Å². The molecule has 1 unspecified atom stereocenters. The lowest BCUT2D eigenvalue weighted by Crippen LogP contribution is -2.10. The summed E-state index contributed by atoms with van der Waals surface area (Å²) in [5.41, 5.74) is 4.96. The van der Waals surface area contributed by atoms with Crippen LogP contribution in [0.25, 0.3) is 11.0 Å². The van der Waals surface area contributed by atoms with Gasteiger partial charge < -0.3 is 9.30 Å². The van der Waals surface area contributed by atoms with E-state index in [4.69, 9.17) is 21.3 Å². The Bertz CT molecular complexity index is 1180. The van der Waals surface area contributed by atoms with Crippen LogP contribution in [0.3, 0.4) is 0 Å². The fourth-order valence-corrected chi connectivity index (χ4v) is 4.53. The van der Waals surface area contributed by atoms with E-state index >= 15 is 0 Å². The quantitative estimate of drug-likeness (QED) is 0.225. The molecule has 1 heterocycles. The molecule has 0 aliphatic carbocycles. The lowest BCUT2D eigenvalue weighted by atomic mass is 9.96. The fourth-order valence-electron chi connectivity index (χ4n) is 4.34. The van der Waals surface area contributed by atoms with Gasteiger partial charge >= 0.3 is 0 Å². The first-order valence-electron chi connectivity index (χ1n) is 11.9. The summed E-state index contributed by atoms with van der Waals surface area (Å²) in [5.74, 6) is 2.77. The molecule has 0 spiro atoms. The van der Waals surface area contributed by atoms with E-state index < -0.39 is 0 Å². The van der Waals surface area contributed by atoms with Gasteiger partial charge in [0.05, 0.1) is 22.7 Å². The van der Waals surface area contributed by atoms with Crippen LogP contribution in [0.2, 0.25) is 5.02 Å². The zero-order chi connectivity index (χ0) is 23.2. The Morgan fingerprint density at radius 1 is 0.879 bits per heavy atom. The molecule has 0 fully saturated rings. The number of imidazole rings is 1. The highest BCUT2D eigenvalue weighted by Crippen LogP contribution is 2.28. The van der Waals surface area contributed by atoms with Gasteiger partial charge in [-0.2, -0.15) is 0 Å². The van der Waals surface area contributed by atoms with Crippen molar-refractivity contribution in [2.75, 3.05) is 6.61 Å². The summed E-state index contributed by atoms with van der Waals surface area (Å²) in [4.78, 5) is 5.03. The van der Waals surface area contributed by atoms with Gasteiger partial charge in [0.1, 0.15) is 11.6 Å². The average molecular weight is 461 g/mol. The van der Waals surface area contributed by atoms with Gasteiger partial charge in [0.15, 0.2) is 0 Å². The van der Waals surface area contributed by atoms with Gasteiger partial charge in [0.2, 0.25) is 0 Å². The molecule has 172 valence electrons. The zero-order valence-electron chi connectivity index (χ0n) is 19.8. The van der Waals surface area contributed by atoms with Crippen LogP contribution in [0.4, 0.5) is 0 Å². The second-order valence-electron chi connectivity index (χ2n) is 9.16. The van der Waals surface area contributed by atoms with Crippen molar-refractivity contribution >= 4 is 22.6 Å². The molecule has 33 heavy (non-hydrogen) atoms. The molecule has 4 aromatic rings. The summed E-state index contributed by atoms with van der Waals surface area (Å²) in [6, 6.07) is 25.1. The van der Waals surface area contributed by atoms with Crippen molar-refractivity contribution in [3.8, 4) is 5.75 Å². The Hall–Kier alpha value is -2.78. The smallest absolute Gasteiger partial charge is 0.137 e. The van der Waals surface area contributed by atoms with Crippen molar-refractivity contribution in [2.45, 2.75) is 52.5 Å². The van der Waals surface area contributed by atoms with Crippen molar-refractivity contribution in [2.24, 2.45) is 5.92 Å². The number of ether oxygens (including phenoxy) is 1. The average Bonchev–Trinajstić information content (AvgIpc) is 3.18. The second-order valence-corrected chi connectivity index (χ2v) is 9.56. The van der Waals surface area contributed by atoms with E-state index in [1.54, 1.807) is 0 Å². The number of hydrogen-bond donors (Lipinski definition) is 0.